The fourth-order valence-corrected chi connectivity index (χ4v) is 4.39. The number of rotatable bonds is 14. The Morgan fingerprint density at radius 3 is 2.32 bits per heavy atom. The van der Waals surface area contributed by atoms with Crippen LogP contribution in [0.15, 0.2) is 47.4 Å². The summed E-state index contributed by atoms with van der Waals surface area (Å²) in [6.07, 6.45) is 1.30. The third-order valence-electron chi connectivity index (χ3n) is 6.28. The van der Waals surface area contributed by atoms with Gasteiger partial charge in [0.05, 0.1) is 32.5 Å². The molecule has 0 aliphatic rings. The number of pyridine rings is 1. The molecular formula is C30H36N2O9. The Balaban J connectivity index is 1.86. The van der Waals surface area contributed by atoms with Crippen molar-refractivity contribution in [3.05, 3.63) is 75.2 Å². The number of esters is 1. The van der Waals surface area contributed by atoms with Crippen LogP contribution in [0.25, 0.3) is 0 Å². The first-order chi connectivity index (χ1) is 19.7. The second-order valence-corrected chi connectivity index (χ2v) is 8.95. The predicted octanol–water partition coefficient (Wildman–Crippen LogP) is 3.65. The van der Waals surface area contributed by atoms with E-state index in [9.17, 15) is 24.6 Å². The third kappa shape index (κ3) is 7.71. The molecular weight excluding hydrogens is 532 g/mol. The average molecular weight is 569 g/mol. The lowest BCUT2D eigenvalue weighted by molar-refractivity contribution is -0.121. The lowest BCUT2D eigenvalue weighted by Gasteiger charge is -2.20. The van der Waals surface area contributed by atoms with Gasteiger partial charge in [0.25, 0.3) is 5.56 Å². The minimum atomic E-state index is -1.01. The van der Waals surface area contributed by atoms with Crippen molar-refractivity contribution in [2.45, 2.75) is 39.5 Å². The van der Waals surface area contributed by atoms with E-state index in [0.717, 1.165) is 11.8 Å². The van der Waals surface area contributed by atoms with Gasteiger partial charge in [0, 0.05) is 25.1 Å². The maximum atomic E-state index is 13.1. The predicted molar refractivity (Wildman–Crippen MR) is 151 cm³/mol. The molecule has 1 atom stereocenters. The summed E-state index contributed by atoms with van der Waals surface area (Å²) < 4.78 is 21.4. The maximum absolute atomic E-state index is 13.1. The Bertz CT molecular complexity index is 1420. The van der Waals surface area contributed by atoms with Crippen molar-refractivity contribution in [2.24, 2.45) is 0 Å². The second kappa shape index (κ2) is 14.6. The molecule has 1 aromatic heterocycles. The van der Waals surface area contributed by atoms with E-state index in [2.05, 4.69) is 10.3 Å². The summed E-state index contributed by atoms with van der Waals surface area (Å²) in [5.41, 5.74) is 0.132. The van der Waals surface area contributed by atoms with Crippen LogP contribution in [0.3, 0.4) is 0 Å². The summed E-state index contributed by atoms with van der Waals surface area (Å²) in [7, 11) is 1.39. The Labute approximate surface area is 238 Å². The van der Waals surface area contributed by atoms with Gasteiger partial charge in [-0.3, -0.25) is 9.59 Å². The number of amides is 1. The molecule has 3 rings (SSSR count). The zero-order valence-corrected chi connectivity index (χ0v) is 23.6. The number of hydrogen-bond donors (Lipinski definition) is 4. The van der Waals surface area contributed by atoms with Crippen molar-refractivity contribution in [1.82, 2.24) is 10.3 Å². The number of carbonyl (C=O) groups excluding carboxylic acids is 2. The minimum absolute atomic E-state index is 0.0609. The van der Waals surface area contributed by atoms with Crippen LogP contribution in [-0.2, 0) is 16.0 Å². The molecule has 0 saturated heterocycles. The highest BCUT2D eigenvalue weighted by molar-refractivity contribution is 5.92. The first-order valence-corrected chi connectivity index (χ1v) is 13.4. The molecule has 0 unspecified atom stereocenters. The smallest absolute Gasteiger partial charge is 0.343 e. The molecule has 0 spiro atoms. The minimum Gasteiger partial charge on any atom is -0.506 e. The van der Waals surface area contributed by atoms with Crippen molar-refractivity contribution in [3.63, 3.8) is 0 Å². The molecule has 0 aliphatic carbocycles. The number of ether oxygens (including phenoxy) is 4. The molecule has 11 nitrogen and oxygen atoms in total. The molecule has 11 heteroatoms. The number of phenols is 1. The molecule has 3 aromatic rings. The summed E-state index contributed by atoms with van der Waals surface area (Å²) >= 11 is 0. The van der Waals surface area contributed by atoms with Gasteiger partial charge in [-0.1, -0.05) is 12.1 Å². The number of nitrogens with one attached hydrogen (secondary N) is 2. The number of aromatic nitrogens is 1. The van der Waals surface area contributed by atoms with Crippen molar-refractivity contribution in [2.75, 3.05) is 33.5 Å². The number of benzene rings is 2. The summed E-state index contributed by atoms with van der Waals surface area (Å²) in [6, 6.07) is 9.98. The zero-order chi connectivity index (χ0) is 29.9. The molecule has 4 N–H and O–H groups in total. The highest BCUT2D eigenvalue weighted by atomic mass is 16.5. The summed E-state index contributed by atoms with van der Waals surface area (Å²) in [5.74, 6) is -1.62. The monoisotopic (exact) mass is 568 g/mol. The summed E-state index contributed by atoms with van der Waals surface area (Å²) in [4.78, 5) is 40.9. The highest BCUT2D eigenvalue weighted by Crippen LogP contribution is 2.37. The molecule has 0 fully saturated rings. The van der Waals surface area contributed by atoms with Crippen LogP contribution in [0, 0.1) is 0 Å². The highest BCUT2D eigenvalue weighted by Gasteiger charge is 2.28. The van der Waals surface area contributed by atoms with E-state index in [1.807, 2.05) is 32.0 Å². The van der Waals surface area contributed by atoms with Crippen LogP contribution < -0.4 is 25.1 Å². The van der Waals surface area contributed by atoms with Crippen LogP contribution in [0.1, 0.15) is 60.2 Å². The van der Waals surface area contributed by atoms with Crippen molar-refractivity contribution >= 4 is 11.9 Å². The van der Waals surface area contributed by atoms with Gasteiger partial charge in [-0.2, -0.15) is 0 Å². The maximum Gasteiger partial charge on any atom is 0.343 e. The molecule has 41 heavy (non-hydrogen) atoms. The van der Waals surface area contributed by atoms with Gasteiger partial charge < -0.3 is 39.5 Å². The lowest BCUT2D eigenvalue weighted by Crippen LogP contribution is -2.29. The van der Waals surface area contributed by atoms with Crippen LogP contribution in [0.4, 0.5) is 0 Å². The molecule has 220 valence electrons. The normalized spacial score (nSPS) is 11.4. The number of H-pyrrole nitrogens is 1. The molecule has 2 aromatic carbocycles. The first-order valence-electron chi connectivity index (χ1n) is 13.4. The topological polar surface area (TPSA) is 156 Å². The van der Waals surface area contributed by atoms with Crippen LogP contribution >= 0.6 is 0 Å². The fraction of sp³-hybridized carbons (Fsp3) is 0.367. The quantitative estimate of drug-likeness (QED) is 0.213. The number of methoxy groups -OCH3 is 1. The van der Waals surface area contributed by atoms with E-state index in [-0.39, 0.29) is 42.2 Å². The molecule has 0 aliphatic heterocycles. The van der Waals surface area contributed by atoms with Gasteiger partial charge >= 0.3 is 5.97 Å². The van der Waals surface area contributed by atoms with E-state index in [1.54, 1.807) is 13.0 Å². The van der Waals surface area contributed by atoms with E-state index >= 15 is 0 Å². The van der Waals surface area contributed by atoms with Gasteiger partial charge in [-0.05, 0) is 62.6 Å². The second-order valence-electron chi connectivity index (χ2n) is 8.95. The van der Waals surface area contributed by atoms with Gasteiger partial charge in [0.1, 0.15) is 11.3 Å². The van der Waals surface area contributed by atoms with Crippen LogP contribution in [0.5, 0.6) is 28.7 Å². The number of hydrogen-bond acceptors (Lipinski definition) is 9. The lowest BCUT2D eigenvalue weighted by atomic mass is 9.87. The van der Waals surface area contributed by atoms with E-state index in [4.69, 9.17) is 18.9 Å². The van der Waals surface area contributed by atoms with Crippen LogP contribution in [0.2, 0.25) is 0 Å². The number of phenolic OH excluding ortho intramolecular Hbond substituents is 1. The van der Waals surface area contributed by atoms with Crippen molar-refractivity contribution < 1.29 is 38.7 Å². The Hall–Kier alpha value is -4.67. The standard InChI is InChI=1S/C30H36N2O9/c1-5-39-24-10-8-18(14-25(24)40-6-2)12-13-31-26(34)16-20(19-9-11-23(38-4)22(33)15-19)27-28(35)21(17-32-29(27)36)30(37)41-7-3/h8-11,14-15,17,20,33H,5-7,12-13,16H2,1-4H3,(H,31,34)(H2,32,35,36)/t20-/m1/s1. The SMILES string of the molecule is CCOC(=O)c1c[nH]c(=O)c([C@H](CC(=O)NCCc2ccc(OCC)c(OCC)c2)c2ccc(OC)c(O)c2)c1O. The fourth-order valence-electron chi connectivity index (χ4n) is 4.39. The van der Waals surface area contributed by atoms with Gasteiger partial charge in [-0.15, -0.1) is 0 Å². The van der Waals surface area contributed by atoms with Gasteiger partial charge in [-0.25, -0.2) is 4.79 Å². The van der Waals surface area contributed by atoms with Crippen molar-refractivity contribution in [3.8, 4) is 28.7 Å². The number of carbonyl (C=O) groups is 2. The van der Waals surface area contributed by atoms with Gasteiger partial charge in [0.15, 0.2) is 23.0 Å². The van der Waals surface area contributed by atoms with Crippen LogP contribution in [-0.4, -0.2) is 60.5 Å². The van der Waals surface area contributed by atoms with Gasteiger partial charge in [0.2, 0.25) is 5.91 Å². The molecule has 1 amide bonds. The number of aromatic amines is 1. The first kappa shape index (κ1) is 30.9. The Morgan fingerprint density at radius 1 is 0.951 bits per heavy atom. The molecule has 0 saturated carbocycles. The third-order valence-corrected chi connectivity index (χ3v) is 6.28. The summed E-state index contributed by atoms with van der Waals surface area (Å²) in [5, 5.41) is 24.2. The molecule has 1 heterocycles. The van der Waals surface area contributed by atoms with E-state index in [1.165, 1.54) is 19.2 Å². The average Bonchev–Trinajstić information content (AvgIpc) is 2.94. The summed E-state index contributed by atoms with van der Waals surface area (Å²) in [6.45, 7) is 6.71. The molecule has 0 bridgehead atoms. The molecule has 0 radical (unpaired) electrons. The number of aromatic hydroxyl groups is 2. The zero-order valence-electron chi connectivity index (χ0n) is 23.6. The van der Waals surface area contributed by atoms with E-state index in [0.29, 0.717) is 36.7 Å². The van der Waals surface area contributed by atoms with E-state index < -0.39 is 29.1 Å². The Morgan fingerprint density at radius 2 is 1.66 bits per heavy atom. The van der Waals surface area contributed by atoms with Crippen molar-refractivity contribution in [1.29, 1.82) is 0 Å². The largest absolute Gasteiger partial charge is 0.506 e. The Kier molecular flexibility index (Phi) is 11.0.